The third-order valence-electron chi connectivity index (χ3n) is 0.520. The minimum Gasteiger partial charge on any atom is -0.268 e. The van der Waals surface area contributed by atoms with E-state index >= 15 is 0 Å². The standard InChI is InChI=1S/C3H4Br3O3S/c1-9-10(7,8)2-3(4,5)6/h1-2H2. The van der Waals surface area contributed by atoms with Gasteiger partial charge in [-0.05, 0) is 0 Å². The van der Waals surface area contributed by atoms with E-state index in [0.29, 0.717) is 0 Å². The van der Waals surface area contributed by atoms with Gasteiger partial charge in [-0.15, -0.1) is 0 Å². The quantitative estimate of drug-likeness (QED) is 0.559. The molecule has 0 unspecified atom stereocenters. The van der Waals surface area contributed by atoms with Crippen LogP contribution in [0.25, 0.3) is 0 Å². The van der Waals surface area contributed by atoms with Gasteiger partial charge in [0.05, 0.1) is 7.11 Å². The molecular weight excluding hydrogens is 356 g/mol. The summed E-state index contributed by atoms with van der Waals surface area (Å²) in [5.41, 5.74) is 0. The zero-order valence-electron chi connectivity index (χ0n) is 4.68. The first-order valence-electron chi connectivity index (χ1n) is 2.00. The molecule has 0 aromatic carbocycles. The van der Waals surface area contributed by atoms with E-state index in [-0.39, 0.29) is 5.75 Å². The van der Waals surface area contributed by atoms with Crippen molar-refractivity contribution in [3.63, 3.8) is 0 Å². The maximum atomic E-state index is 10.6. The Morgan fingerprint density at radius 1 is 1.40 bits per heavy atom. The Kier molecular flexibility index (Phi) is 4.36. The molecule has 7 heteroatoms. The van der Waals surface area contributed by atoms with E-state index in [2.05, 4.69) is 59.1 Å². The molecule has 0 aromatic heterocycles. The molecule has 0 saturated heterocycles. The van der Waals surface area contributed by atoms with Crippen LogP contribution in [0.15, 0.2) is 0 Å². The SMILES string of the molecule is [CH2]OS(=O)(=O)CC(Br)(Br)Br. The van der Waals surface area contributed by atoms with E-state index in [1.165, 1.54) is 0 Å². The zero-order chi connectivity index (χ0) is 8.41. The highest BCUT2D eigenvalue weighted by atomic mass is 80.0. The predicted octanol–water partition coefficient (Wildman–Crippen LogP) is 1.96. The van der Waals surface area contributed by atoms with Gasteiger partial charge in [0.2, 0.25) is 0 Å². The average molecular weight is 360 g/mol. The van der Waals surface area contributed by atoms with Crippen LogP contribution in [0.3, 0.4) is 0 Å². The molecule has 0 aliphatic heterocycles. The fourth-order valence-electron chi connectivity index (χ4n) is 0.242. The van der Waals surface area contributed by atoms with Crippen LogP contribution in [-0.4, -0.2) is 16.3 Å². The van der Waals surface area contributed by atoms with Crippen LogP contribution < -0.4 is 0 Å². The highest BCUT2D eigenvalue weighted by molar-refractivity contribution is 9.39. The Bertz CT molecular complexity index is 192. The molecule has 0 aliphatic rings. The molecule has 0 N–H and O–H groups in total. The Morgan fingerprint density at radius 2 is 1.80 bits per heavy atom. The molecule has 0 atom stereocenters. The topological polar surface area (TPSA) is 43.4 Å². The van der Waals surface area contributed by atoms with Gasteiger partial charge in [-0.2, -0.15) is 8.42 Å². The fourth-order valence-corrected chi connectivity index (χ4v) is 3.25. The van der Waals surface area contributed by atoms with Crippen LogP contribution in [-0.2, 0) is 14.3 Å². The first kappa shape index (κ1) is 11.4. The van der Waals surface area contributed by atoms with Crippen LogP contribution in [0.2, 0.25) is 0 Å². The van der Waals surface area contributed by atoms with Crippen molar-refractivity contribution in [2.45, 2.75) is 2.14 Å². The summed E-state index contributed by atoms with van der Waals surface area (Å²) < 4.78 is 24.4. The predicted molar refractivity (Wildman–Crippen MR) is 49.7 cm³/mol. The molecule has 0 spiro atoms. The molecule has 0 aromatic rings. The van der Waals surface area contributed by atoms with Gasteiger partial charge in [-0.25, -0.2) is 0 Å². The second kappa shape index (κ2) is 3.84. The van der Waals surface area contributed by atoms with Gasteiger partial charge in [0.1, 0.15) is 5.75 Å². The lowest BCUT2D eigenvalue weighted by Gasteiger charge is -2.09. The van der Waals surface area contributed by atoms with Crippen LogP contribution in [0.4, 0.5) is 0 Å². The lowest BCUT2D eigenvalue weighted by Crippen LogP contribution is -2.18. The minimum absolute atomic E-state index is 0.247. The van der Waals surface area contributed by atoms with E-state index < -0.39 is 12.3 Å². The van der Waals surface area contributed by atoms with Gasteiger partial charge in [0.15, 0.2) is 2.14 Å². The summed E-state index contributed by atoms with van der Waals surface area (Å²) in [6.07, 6.45) is 0. The number of hydrogen-bond acceptors (Lipinski definition) is 3. The zero-order valence-corrected chi connectivity index (χ0v) is 10.3. The number of halogens is 3. The van der Waals surface area contributed by atoms with E-state index in [1.807, 2.05) is 0 Å². The smallest absolute Gasteiger partial charge is 0.268 e. The first-order chi connectivity index (χ1) is 4.27. The minimum atomic E-state index is -3.53. The first-order valence-corrected chi connectivity index (χ1v) is 5.95. The Hall–Kier alpha value is 1.35. The summed E-state index contributed by atoms with van der Waals surface area (Å²) in [5, 5.41) is 0. The molecule has 61 valence electrons. The van der Waals surface area contributed by atoms with E-state index in [4.69, 9.17) is 0 Å². The Balaban J connectivity index is 4.18. The summed E-state index contributed by atoms with van der Waals surface area (Å²) in [7, 11) is -0.738. The van der Waals surface area contributed by atoms with Gasteiger partial charge in [0.25, 0.3) is 10.1 Å². The van der Waals surface area contributed by atoms with Gasteiger partial charge in [-0.1, -0.05) is 47.8 Å². The second-order valence-electron chi connectivity index (χ2n) is 1.44. The molecular formula is C3H4Br3O3S. The lowest BCUT2D eigenvalue weighted by molar-refractivity contribution is 0.439. The largest absolute Gasteiger partial charge is 0.270 e. The Labute approximate surface area is 85.0 Å². The third-order valence-corrected chi connectivity index (χ3v) is 3.62. The van der Waals surface area contributed by atoms with Crippen molar-refractivity contribution >= 4 is 57.9 Å². The van der Waals surface area contributed by atoms with Crippen molar-refractivity contribution in [3.8, 4) is 0 Å². The molecule has 0 bridgehead atoms. The maximum Gasteiger partial charge on any atom is 0.270 e. The van der Waals surface area contributed by atoms with Gasteiger partial charge in [-0.3, -0.25) is 4.18 Å². The Morgan fingerprint density at radius 3 is 1.90 bits per heavy atom. The van der Waals surface area contributed by atoms with Crippen molar-refractivity contribution in [1.82, 2.24) is 0 Å². The van der Waals surface area contributed by atoms with Crippen molar-refractivity contribution in [2.75, 3.05) is 5.75 Å². The highest BCUT2D eigenvalue weighted by Gasteiger charge is 2.26. The summed E-state index contributed by atoms with van der Waals surface area (Å²) in [6, 6.07) is 0. The maximum absolute atomic E-state index is 10.6. The third kappa shape index (κ3) is 6.09. The van der Waals surface area contributed by atoms with Gasteiger partial charge < -0.3 is 0 Å². The lowest BCUT2D eigenvalue weighted by atomic mass is 11.0. The van der Waals surface area contributed by atoms with Crippen LogP contribution in [0.5, 0.6) is 0 Å². The molecule has 3 nitrogen and oxygen atoms in total. The van der Waals surface area contributed by atoms with Crippen molar-refractivity contribution in [3.05, 3.63) is 7.11 Å². The van der Waals surface area contributed by atoms with Crippen LogP contribution in [0.1, 0.15) is 0 Å². The van der Waals surface area contributed by atoms with E-state index in [9.17, 15) is 8.42 Å². The summed E-state index contributed by atoms with van der Waals surface area (Å²) in [5.74, 6) is -0.247. The van der Waals surface area contributed by atoms with Crippen LogP contribution in [0, 0.1) is 7.11 Å². The fraction of sp³-hybridized carbons (Fsp3) is 0.667. The van der Waals surface area contributed by atoms with Crippen molar-refractivity contribution < 1.29 is 12.6 Å². The summed E-state index contributed by atoms with van der Waals surface area (Å²) >= 11 is 9.00. The molecule has 0 fully saturated rings. The number of alkyl halides is 3. The normalized spacial score (nSPS) is 13.6. The number of hydrogen-bond donors (Lipinski definition) is 0. The van der Waals surface area contributed by atoms with Crippen LogP contribution >= 0.6 is 47.8 Å². The molecule has 0 aliphatic carbocycles. The van der Waals surface area contributed by atoms with E-state index in [1.54, 1.807) is 0 Å². The average Bonchev–Trinajstić information content (AvgIpc) is 1.60. The summed E-state index contributed by atoms with van der Waals surface area (Å²) in [4.78, 5) is 0. The van der Waals surface area contributed by atoms with Gasteiger partial charge >= 0.3 is 0 Å². The van der Waals surface area contributed by atoms with Crippen molar-refractivity contribution in [1.29, 1.82) is 0 Å². The van der Waals surface area contributed by atoms with Crippen molar-refractivity contribution in [2.24, 2.45) is 0 Å². The highest BCUT2D eigenvalue weighted by Crippen LogP contribution is 2.34. The second-order valence-corrected chi connectivity index (χ2v) is 10.3. The molecule has 10 heavy (non-hydrogen) atoms. The van der Waals surface area contributed by atoms with Gasteiger partial charge in [0, 0.05) is 0 Å². The molecule has 1 radical (unpaired) electrons. The monoisotopic (exact) mass is 357 g/mol. The number of rotatable bonds is 2. The molecule has 0 heterocycles. The van der Waals surface area contributed by atoms with E-state index in [0.717, 1.165) is 0 Å². The molecule has 0 saturated carbocycles. The summed E-state index contributed by atoms with van der Waals surface area (Å²) in [6.45, 7) is 0. The molecule has 0 rings (SSSR count). The molecule has 0 amide bonds.